The maximum Gasteiger partial charge on any atom is 0.172 e. The smallest absolute Gasteiger partial charge is 0.172 e. The Balaban J connectivity index is 2.02. The van der Waals surface area contributed by atoms with Crippen molar-refractivity contribution >= 4 is 11.2 Å². The van der Waals surface area contributed by atoms with Crippen molar-refractivity contribution in [3.05, 3.63) is 71.7 Å². The number of aromatic nitrogens is 4. The minimum atomic E-state index is 0.290. The SMILES string of the molecule is Cc1ccc(-c2nc(C#N)c3nc(C)n(-c4ccccc4)c3n2)cc1. The zero-order valence-corrected chi connectivity index (χ0v) is 13.9. The van der Waals surface area contributed by atoms with Crippen molar-refractivity contribution in [3.63, 3.8) is 0 Å². The molecule has 0 atom stereocenters. The molecule has 0 saturated carbocycles. The summed E-state index contributed by atoms with van der Waals surface area (Å²) >= 11 is 0. The fourth-order valence-corrected chi connectivity index (χ4v) is 2.86. The van der Waals surface area contributed by atoms with Gasteiger partial charge in [0.1, 0.15) is 17.4 Å². The second kappa shape index (κ2) is 5.84. The lowest BCUT2D eigenvalue weighted by Gasteiger charge is -2.07. The standard InChI is InChI=1S/C20H15N5/c1-13-8-10-15(11-9-13)19-23-17(12-21)18-20(24-19)25(14(2)22-18)16-6-4-3-5-7-16/h3-11H,1-2H3. The molecule has 0 aliphatic heterocycles. The first kappa shape index (κ1) is 15.0. The van der Waals surface area contributed by atoms with E-state index in [1.54, 1.807) is 0 Å². The van der Waals surface area contributed by atoms with Crippen molar-refractivity contribution in [2.24, 2.45) is 0 Å². The Bertz CT molecular complexity index is 1100. The van der Waals surface area contributed by atoms with Gasteiger partial charge in [0.05, 0.1) is 0 Å². The van der Waals surface area contributed by atoms with Crippen LogP contribution in [0.25, 0.3) is 28.2 Å². The van der Waals surface area contributed by atoms with Crippen LogP contribution in [0.15, 0.2) is 54.6 Å². The fourth-order valence-electron chi connectivity index (χ4n) is 2.86. The summed E-state index contributed by atoms with van der Waals surface area (Å²) in [6.07, 6.45) is 0. The number of hydrogen-bond donors (Lipinski definition) is 0. The molecular formula is C20H15N5. The number of para-hydroxylation sites is 1. The van der Waals surface area contributed by atoms with Gasteiger partial charge in [0.25, 0.3) is 0 Å². The summed E-state index contributed by atoms with van der Waals surface area (Å²) in [5, 5.41) is 9.53. The van der Waals surface area contributed by atoms with Crippen LogP contribution in [-0.4, -0.2) is 19.5 Å². The molecule has 4 rings (SSSR count). The molecular weight excluding hydrogens is 310 g/mol. The van der Waals surface area contributed by atoms with Gasteiger partial charge in [-0.05, 0) is 26.0 Å². The molecule has 0 amide bonds. The Morgan fingerprint density at radius 3 is 2.28 bits per heavy atom. The predicted octanol–water partition coefficient (Wildman–Crippen LogP) is 3.97. The summed E-state index contributed by atoms with van der Waals surface area (Å²) in [6.45, 7) is 3.93. The third kappa shape index (κ3) is 2.54. The minimum Gasteiger partial charge on any atom is -0.281 e. The molecule has 5 heteroatoms. The van der Waals surface area contributed by atoms with Gasteiger partial charge in [-0.25, -0.2) is 15.0 Å². The molecule has 0 unspecified atom stereocenters. The van der Waals surface area contributed by atoms with Gasteiger partial charge in [-0.3, -0.25) is 4.57 Å². The molecule has 0 fully saturated rings. The molecule has 0 radical (unpaired) electrons. The maximum absolute atomic E-state index is 9.53. The van der Waals surface area contributed by atoms with Gasteiger partial charge in [0, 0.05) is 11.3 Å². The number of imidazole rings is 1. The Labute approximate surface area is 145 Å². The lowest BCUT2D eigenvalue weighted by molar-refractivity contribution is 0.986. The quantitative estimate of drug-likeness (QED) is 0.559. The van der Waals surface area contributed by atoms with Crippen LogP contribution >= 0.6 is 0 Å². The van der Waals surface area contributed by atoms with Gasteiger partial charge in [-0.2, -0.15) is 5.26 Å². The van der Waals surface area contributed by atoms with E-state index in [-0.39, 0.29) is 0 Å². The van der Waals surface area contributed by atoms with Gasteiger partial charge in [-0.15, -0.1) is 0 Å². The average Bonchev–Trinajstić information content (AvgIpc) is 2.98. The molecule has 0 saturated heterocycles. The predicted molar refractivity (Wildman–Crippen MR) is 96.3 cm³/mol. The van der Waals surface area contributed by atoms with Crippen molar-refractivity contribution in [2.45, 2.75) is 13.8 Å². The number of rotatable bonds is 2. The van der Waals surface area contributed by atoms with Crippen molar-refractivity contribution in [1.82, 2.24) is 19.5 Å². The van der Waals surface area contributed by atoms with Crippen LogP contribution in [0.3, 0.4) is 0 Å². The molecule has 0 aliphatic rings. The highest BCUT2D eigenvalue weighted by atomic mass is 15.1. The second-order valence-electron chi connectivity index (χ2n) is 5.88. The summed E-state index contributed by atoms with van der Waals surface area (Å²) < 4.78 is 1.95. The molecule has 2 aromatic carbocycles. The zero-order chi connectivity index (χ0) is 17.4. The van der Waals surface area contributed by atoms with Crippen molar-refractivity contribution in [1.29, 1.82) is 5.26 Å². The lowest BCUT2D eigenvalue weighted by atomic mass is 10.1. The van der Waals surface area contributed by atoms with Gasteiger partial charge in [0.2, 0.25) is 0 Å². The second-order valence-corrected chi connectivity index (χ2v) is 5.88. The normalized spacial score (nSPS) is 10.8. The molecule has 5 nitrogen and oxygen atoms in total. The molecule has 0 bridgehead atoms. The topological polar surface area (TPSA) is 67.4 Å². The molecule has 0 N–H and O–H groups in total. The first-order chi connectivity index (χ1) is 12.2. The van der Waals surface area contributed by atoms with Crippen molar-refractivity contribution in [2.75, 3.05) is 0 Å². The molecule has 25 heavy (non-hydrogen) atoms. The van der Waals surface area contributed by atoms with Gasteiger partial charge in [-0.1, -0.05) is 48.0 Å². The first-order valence-electron chi connectivity index (χ1n) is 7.97. The largest absolute Gasteiger partial charge is 0.281 e. The third-order valence-corrected chi connectivity index (χ3v) is 4.10. The van der Waals surface area contributed by atoms with E-state index in [2.05, 4.69) is 16.0 Å². The van der Waals surface area contributed by atoms with E-state index in [9.17, 15) is 5.26 Å². The van der Waals surface area contributed by atoms with Crippen LogP contribution in [0.1, 0.15) is 17.1 Å². The molecule has 0 spiro atoms. The minimum absolute atomic E-state index is 0.290. The van der Waals surface area contributed by atoms with Crippen LogP contribution in [0.4, 0.5) is 0 Å². The summed E-state index contributed by atoms with van der Waals surface area (Å²) in [7, 11) is 0. The molecule has 2 aromatic heterocycles. The Kier molecular flexibility index (Phi) is 3.51. The van der Waals surface area contributed by atoms with E-state index in [1.807, 2.05) is 73.0 Å². The monoisotopic (exact) mass is 325 g/mol. The Morgan fingerprint density at radius 2 is 1.60 bits per heavy atom. The fraction of sp³-hybridized carbons (Fsp3) is 0.100. The number of benzene rings is 2. The van der Waals surface area contributed by atoms with Crippen molar-refractivity contribution in [3.8, 4) is 23.1 Å². The van der Waals surface area contributed by atoms with Gasteiger partial charge >= 0.3 is 0 Å². The van der Waals surface area contributed by atoms with E-state index in [1.165, 1.54) is 0 Å². The number of fused-ring (bicyclic) bond motifs is 1. The maximum atomic E-state index is 9.53. The number of hydrogen-bond acceptors (Lipinski definition) is 4. The van der Waals surface area contributed by atoms with Gasteiger partial charge < -0.3 is 0 Å². The van der Waals surface area contributed by atoms with E-state index in [0.29, 0.717) is 22.7 Å². The van der Waals surface area contributed by atoms with Crippen molar-refractivity contribution < 1.29 is 0 Å². The summed E-state index contributed by atoms with van der Waals surface area (Å²) in [5.41, 5.74) is 4.46. The molecule has 120 valence electrons. The van der Waals surface area contributed by atoms with E-state index < -0.39 is 0 Å². The zero-order valence-electron chi connectivity index (χ0n) is 13.9. The van der Waals surface area contributed by atoms with Crippen LogP contribution in [0.2, 0.25) is 0 Å². The highest BCUT2D eigenvalue weighted by Gasteiger charge is 2.17. The summed E-state index contributed by atoms with van der Waals surface area (Å²) in [5.74, 6) is 1.30. The number of nitrogens with zero attached hydrogens (tertiary/aromatic N) is 5. The van der Waals surface area contributed by atoms with E-state index in [4.69, 9.17) is 4.98 Å². The first-order valence-corrected chi connectivity index (χ1v) is 7.97. The van der Waals surface area contributed by atoms with Crippen LogP contribution in [0, 0.1) is 25.2 Å². The van der Waals surface area contributed by atoms with E-state index >= 15 is 0 Å². The molecule has 0 aliphatic carbocycles. The Hall–Kier alpha value is -3.52. The average molecular weight is 325 g/mol. The van der Waals surface area contributed by atoms with Crippen LogP contribution in [0.5, 0.6) is 0 Å². The molecule has 4 aromatic rings. The summed E-state index contributed by atoms with van der Waals surface area (Å²) in [4.78, 5) is 13.7. The van der Waals surface area contributed by atoms with Crippen LogP contribution < -0.4 is 0 Å². The van der Waals surface area contributed by atoms with E-state index in [0.717, 1.165) is 22.6 Å². The molecule has 2 heterocycles. The highest BCUT2D eigenvalue weighted by molar-refractivity contribution is 5.81. The highest BCUT2D eigenvalue weighted by Crippen LogP contribution is 2.25. The van der Waals surface area contributed by atoms with Crippen LogP contribution in [-0.2, 0) is 0 Å². The number of nitriles is 1. The third-order valence-electron chi connectivity index (χ3n) is 4.10. The van der Waals surface area contributed by atoms with Gasteiger partial charge in [0.15, 0.2) is 17.2 Å². The lowest BCUT2D eigenvalue weighted by Crippen LogP contribution is -2.00. The summed E-state index contributed by atoms with van der Waals surface area (Å²) in [6, 6.07) is 20.0. The number of aryl methyl sites for hydroxylation is 2. The Morgan fingerprint density at radius 1 is 0.880 bits per heavy atom.